The van der Waals surface area contributed by atoms with E-state index in [4.69, 9.17) is 15.2 Å². The fourth-order valence-corrected chi connectivity index (χ4v) is 4.64. The van der Waals surface area contributed by atoms with Crippen LogP contribution < -0.4 is 10.5 Å². The molecule has 0 atom stereocenters. The van der Waals surface area contributed by atoms with E-state index in [9.17, 15) is 4.79 Å². The molecule has 1 aliphatic heterocycles. The predicted molar refractivity (Wildman–Crippen MR) is 136 cm³/mol. The number of methoxy groups -OCH3 is 1. The molecule has 1 fully saturated rings. The standard InChI is InChI=1S/C28H27N5O3/c1-35-25-12-21(14-30-18-25)20-4-7-24(31-15-20)13-26(34)28(8-10-36-11-9-28)23-5-2-19(3-6-23)22-16-32-27(29)33-17-22/h2-7,12,14-18H,8-11,13H2,1H3,(H2,29,32,33). The largest absolute Gasteiger partial charge is 0.495 e. The molecule has 1 aromatic carbocycles. The van der Waals surface area contributed by atoms with E-state index < -0.39 is 5.41 Å². The number of pyridine rings is 2. The fraction of sp³-hybridized carbons (Fsp3) is 0.250. The fourth-order valence-electron chi connectivity index (χ4n) is 4.64. The van der Waals surface area contributed by atoms with Gasteiger partial charge in [0.05, 0.1) is 18.7 Å². The smallest absolute Gasteiger partial charge is 0.219 e. The Bertz CT molecular complexity index is 1330. The maximum absolute atomic E-state index is 13.8. The average molecular weight is 482 g/mol. The summed E-state index contributed by atoms with van der Waals surface area (Å²) < 4.78 is 10.9. The summed E-state index contributed by atoms with van der Waals surface area (Å²) in [6, 6.07) is 13.8. The lowest BCUT2D eigenvalue weighted by atomic mass is 9.69. The van der Waals surface area contributed by atoms with Crippen LogP contribution in [0, 0.1) is 0 Å². The molecule has 0 unspecified atom stereocenters. The van der Waals surface area contributed by atoms with Crippen LogP contribution in [0.4, 0.5) is 5.95 Å². The molecule has 36 heavy (non-hydrogen) atoms. The monoisotopic (exact) mass is 481 g/mol. The second kappa shape index (κ2) is 10.2. The van der Waals surface area contributed by atoms with Gasteiger partial charge in [0.1, 0.15) is 11.5 Å². The van der Waals surface area contributed by atoms with E-state index in [0.717, 1.165) is 33.5 Å². The lowest BCUT2D eigenvalue weighted by molar-refractivity contribution is -0.127. The predicted octanol–water partition coefficient (Wildman–Crippen LogP) is 4.05. The molecule has 8 heteroatoms. The van der Waals surface area contributed by atoms with E-state index in [1.807, 2.05) is 42.5 Å². The number of benzene rings is 1. The Morgan fingerprint density at radius 1 is 0.889 bits per heavy atom. The third-order valence-electron chi connectivity index (χ3n) is 6.77. The maximum Gasteiger partial charge on any atom is 0.219 e. The number of hydrogen-bond acceptors (Lipinski definition) is 8. The molecule has 0 bridgehead atoms. The average Bonchev–Trinajstić information content (AvgIpc) is 2.94. The van der Waals surface area contributed by atoms with E-state index in [2.05, 4.69) is 19.9 Å². The van der Waals surface area contributed by atoms with Crippen molar-refractivity contribution in [3.63, 3.8) is 0 Å². The molecule has 2 N–H and O–H groups in total. The Morgan fingerprint density at radius 3 is 2.25 bits per heavy atom. The Labute approximate surface area is 209 Å². The van der Waals surface area contributed by atoms with Crippen LogP contribution in [0.25, 0.3) is 22.3 Å². The summed E-state index contributed by atoms with van der Waals surface area (Å²) in [5, 5.41) is 0. The minimum Gasteiger partial charge on any atom is -0.495 e. The minimum atomic E-state index is -0.606. The first-order chi connectivity index (χ1) is 17.6. The highest BCUT2D eigenvalue weighted by Crippen LogP contribution is 2.38. The Kier molecular flexibility index (Phi) is 6.69. The van der Waals surface area contributed by atoms with Crippen LogP contribution in [0.2, 0.25) is 0 Å². The van der Waals surface area contributed by atoms with Crippen LogP contribution in [-0.2, 0) is 21.4 Å². The van der Waals surface area contributed by atoms with Gasteiger partial charge in [-0.1, -0.05) is 30.3 Å². The van der Waals surface area contributed by atoms with Gasteiger partial charge in [-0.2, -0.15) is 0 Å². The number of aromatic nitrogens is 4. The van der Waals surface area contributed by atoms with Gasteiger partial charge >= 0.3 is 0 Å². The number of rotatable bonds is 7. The second-order valence-electron chi connectivity index (χ2n) is 8.85. The molecule has 8 nitrogen and oxygen atoms in total. The molecule has 3 aromatic heterocycles. The summed E-state index contributed by atoms with van der Waals surface area (Å²) in [5.41, 5.74) is 10.4. The summed E-state index contributed by atoms with van der Waals surface area (Å²) in [5.74, 6) is 1.07. The van der Waals surface area contributed by atoms with Crippen molar-refractivity contribution in [3.05, 3.63) is 84.7 Å². The molecule has 182 valence electrons. The van der Waals surface area contributed by atoms with Gasteiger partial charge in [-0.15, -0.1) is 0 Å². The zero-order chi connectivity index (χ0) is 25.0. The molecule has 0 radical (unpaired) electrons. The van der Waals surface area contributed by atoms with Crippen molar-refractivity contribution in [2.45, 2.75) is 24.7 Å². The molecule has 5 rings (SSSR count). The van der Waals surface area contributed by atoms with Gasteiger partial charge in [-0.05, 0) is 36.1 Å². The highest BCUT2D eigenvalue weighted by molar-refractivity contribution is 5.92. The van der Waals surface area contributed by atoms with Crippen molar-refractivity contribution in [2.75, 3.05) is 26.1 Å². The van der Waals surface area contributed by atoms with Crippen LogP contribution in [0.15, 0.2) is 73.4 Å². The minimum absolute atomic E-state index is 0.151. The molecule has 1 saturated heterocycles. The van der Waals surface area contributed by atoms with Crippen molar-refractivity contribution >= 4 is 11.7 Å². The molecule has 0 aliphatic carbocycles. The summed E-state index contributed by atoms with van der Waals surface area (Å²) in [6.07, 6.45) is 10.1. The number of ketones is 1. The third-order valence-corrected chi connectivity index (χ3v) is 6.77. The van der Waals surface area contributed by atoms with E-state index in [1.165, 1.54) is 0 Å². The number of nitrogens with two attached hydrogens (primary N) is 1. The van der Waals surface area contributed by atoms with Gasteiger partial charge in [-0.25, -0.2) is 9.97 Å². The van der Waals surface area contributed by atoms with E-state index >= 15 is 0 Å². The number of nitrogens with zero attached hydrogens (tertiary/aromatic N) is 4. The molecule has 1 aliphatic rings. The number of Topliss-reactive ketones (excluding diaryl/α,β-unsaturated/α-hetero) is 1. The SMILES string of the molecule is COc1cncc(-c2ccc(CC(=O)C3(c4ccc(-c5cnc(N)nc5)cc4)CCOCC3)nc2)c1. The van der Waals surface area contributed by atoms with Crippen molar-refractivity contribution in [2.24, 2.45) is 0 Å². The maximum atomic E-state index is 13.8. The Balaban J connectivity index is 1.37. The van der Waals surface area contributed by atoms with Gasteiger partial charge in [-0.3, -0.25) is 14.8 Å². The number of hydrogen-bond donors (Lipinski definition) is 1. The van der Waals surface area contributed by atoms with Crippen molar-refractivity contribution in [3.8, 4) is 28.0 Å². The highest BCUT2D eigenvalue weighted by atomic mass is 16.5. The van der Waals surface area contributed by atoms with Crippen molar-refractivity contribution in [1.82, 2.24) is 19.9 Å². The lowest BCUT2D eigenvalue weighted by Crippen LogP contribution is -2.42. The molecule has 4 aromatic rings. The number of ether oxygens (including phenoxy) is 2. The molecular weight excluding hydrogens is 454 g/mol. The van der Waals surface area contributed by atoms with E-state index in [1.54, 1.807) is 38.1 Å². The van der Waals surface area contributed by atoms with Gasteiger partial charge in [0.2, 0.25) is 5.95 Å². The normalized spacial score (nSPS) is 14.8. The summed E-state index contributed by atoms with van der Waals surface area (Å²) in [4.78, 5) is 30.7. The molecule has 0 spiro atoms. The summed E-state index contributed by atoms with van der Waals surface area (Å²) >= 11 is 0. The van der Waals surface area contributed by atoms with Crippen LogP contribution in [0.3, 0.4) is 0 Å². The van der Waals surface area contributed by atoms with Crippen LogP contribution in [0.5, 0.6) is 5.75 Å². The van der Waals surface area contributed by atoms with Gasteiger partial charge < -0.3 is 15.2 Å². The first kappa shape index (κ1) is 23.6. The topological polar surface area (TPSA) is 113 Å². The van der Waals surface area contributed by atoms with E-state index in [-0.39, 0.29) is 18.2 Å². The summed E-state index contributed by atoms with van der Waals surface area (Å²) in [6.45, 7) is 1.10. The van der Waals surface area contributed by atoms with Crippen molar-refractivity contribution in [1.29, 1.82) is 0 Å². The first-order valence-electron chi connectivity index (χ1n) is 11.8. The molecule has 0 saturated carbocycles. The van der Waals surface area contributed by atoms with Gasteiger partial charge in [0, 0.05) is 66.8 Å². The number of carbonyl (C=O) groups is 1. The molecule has 0 amide bonds. The zero-order valence-corrected chi connectivity index (χ0v) is 20.1. The third kappa shape index (κ3) is 4.81. The lowest BCUT2D eigenvalue weighted by Gasteiger charge is -2.36. The number of anilines is 1. The summed E-state index contributed by atoms with van der Waals surface area (Å²) in [7, 11) is 1.61. The highest BCUT2D eigenvalue weighted by Gasteiger charge is 2.41. The Hall–Kier alpha value is -4.17. The number of nitrogen functional groups attached to an aromatic ring is 1. The second-order valence-corrected chi connectivity index (χ2v) is 8.85. The zero-order valence-electron chi connectivity index (χ0n) is 20.1. The van der Waals surface area contributed by atoms with Crippen LogP contribution >= 0.6 is 0 Å². The van der Waals surface area contributed by atoms with E-state index in [0.29, 0.717) is 31.8 Å². The Morgan fingerprint density at radius 2 is 1.58 bits per heavy atom. The van der Waals surface area contributed by atoms with Crippen LogP contribution in [-0.4, -0.2) is 46.0 Å². The van der Waals surface area contributed by atoms with Crippen molar-refractivity contribution < 1.29 is 14.3 Å². The van der Waals surface area contributed by atoms with Crippen LogP contribution in [0.1, 0.15) is 24.1 Å². The number of carbonyl (C=O) groups excluding carboxylic acids is 1. The first-order valence-corrected chi connectivity index (χ1v) is 11.8. The van der Waals surface area contributed by atoms with Gasteiger partial charge in [0.25, 0.3) is 0 Å². The molecule has 4 heterocycles. The quantitative estimate of drug-likeness (QED) is 0.421. The van der Waals surface area contributed by atoms with Gasteiger partial charge in [0.15, 0.2) is 0 Å². The molecular formula is C28H27N5O3.